The van der Waals surface area contributed by atoms with Gasteiger partial charge in [0.15, 0.2) is 5.96 Å². The predicted molar refractivity (Wildman–Crippen MR) is 72.8 cm³/mol. The number of guanidine groups is 1. The van der Waals surface area contributed by atoms with Crippen molar-refractivity contribution < 1.29 is 13.2 Å². The van der Waals surface area contributed by atoms with Gasteiger partial charge in [0.2, 0.25) is 0 Å². The SMILES string of the molecule is CN=C(NC)NC1CC(c2cccc(C(F)(F)F)c2)C1. The zero-order chi connectivity index (χ0) is 14.8. The van der Waals surface area contributed by atoms with Crippen LogP contribution < -0.4 is 10.6 Å². The monoisotopic (exact) mass is 285 g/mol. The van der Waals surface area contributed by atoms with Crippen molar-refractivity contribution in [3.63, 3.8) is 0 Å². The predicted octanol–water partition coefficient (Wildman–Crippen LogP) is 2.75. The van der Waals surface area contributed by atoms with Crippen molar-refractivity contribution in [1.82, 2.24) is 10.6 Å². The molecule has 1 saturated carbocycles. The maximum absolute atomic E-state index is 12.7. The first-order valence-electron chi connectivity index (χ1n) is 6.52. The number of alkyl halides is 3. The molecule has 0 atom stereocenters. The lowest BCUT2D eigenvalue weighted by atomic mass is 9.75. The smallest absolute Gasteiger partial charge is 0.359 e. The summed E-state index contributed by atoms with van der Waals surface area (Å²) < 4.78 is 38.0. The van der Waals surface area contributed by atoms with Crippen LogP contribution in [0.25, 0.3) is 0 Å². The fourth-order valence-electron chi connectivity index (χ4n) is 2.42. The van der Waals surface area contributed by atoms with E-state index in [1.54, 1.807) is 20.2 Å². The van der Waals surface area contributed by atoms with E-state index in [1.165, 1.54) is 12.1 Å². The first kappa shape index (κ1) is 14.7. The Labute approximate surface area is 116 Å². The average Bonchev–Trinajstić information content (AvgIpc) is 2.37. The quantitative estimate of drug-likeness (QED) is 0.647. The fourth-order valence-corrected chi connectivity index (χ4v) is 2.42. The van der Waals surface area contributed by atoms with Gasteiger partial charge in [0.05, 0.1) is 5.56 Å². The summed E-state index contributed by atoms with van der Waals surface area (Å²) >= 11 is 0. The van der Waals surface area contributed by atoms with Gasteiger partial charge >= 0.3 is 6.18 Å². The van der Waals surface area contributed by atoms with E-state index in [4.69, 9.17) is 0 Å². The molecule has 0 radical (unpaired) electrons. The van der Waals surface area contributed by atoms with Gasteiger partial charge in [-0.25, -0.2) is 0 Å². The molecule has 3 nitrogen and oxygen atoms in total. The maximum atomic E-state index is 12.7. The fraction of sp³-hybridized carbons (Fsp3) is 0.500. The summed E-state index contributed by atoms with van der Waals surface area (Å²) in [5.41, 5.74) is 0.190. The third-order valence-electron chi connectivity index (χ3n) is 3.62. The maximum Gasteiger partial charge on any atom is 0.416 e. The third-order valence-corrected chi connectivity index (χ3v) is 3.62. The molecule has 1 aromatic carbocycles. The van der Waals surface area contributed by atoms with Crippen LogP contribution in [0, 0.1) is 0 Å². The van der Waals surface area contributed by atoms with Crippen LogP contribution in [0.15, 0.2) is 29.3 Å². The van der Waals surface area contributed by atoms with E-state index >= 15 is 0 Å². The molecule has 6 heteroatoms. The van der Waals surface area contributed by atoms with Crippen molar-refractivity contribution in [1.29, 1.82) is 0 Å². The van der Waals surface area contributed by atoms with Gasteiger partial charge in [0.1, 0.15) is 0 Å². The van der Waals surface area contributed by atoms with Gasteiger partial charge < -0.3 is 10.6 Å². The third kappa shape index (κ3) is 3.23. The van der Waals surface area contributed by atoms with Crippen LogP contribution in [-0.4, -0.2) is 26.1 Å². The topological polar surface area (TPSA) is 36.4 Å². The molecule has 0 aromatic heterocycles. The average molecular weight is 285 g/mol. The zero-order valence-electron chi connectivity index (χ0n) is 11.5. The van der Waals surface area contributed by atoms with Crippen LogP contribution in [0.2, 0.25) is 0 Å². The van der Waals surface area contributed by atoms with Gasteiger partial charge in [0, 0.05) is 20.1 Å². The molecule has 0 amide bonds. The largest absolute Gasteiger partial charge is 0.416 e. The molecule has 2 N–H and O–H groups in total. The summed E-state index contributed by atoms with van der Waals surface area (Å²) in [5, 5.41) is 6.14. The minimum atomic E-state index is -4.27. The molecular formula is C14H18F3N3. The Morgan fingerprint density at radius 2 is 2.00 bits per heavy atom. The van der Waals surface area contributed by atoms with Gasteiger partial charge in [-0.15, -0.1) is 0 Å². The first-order valence-corrected chi connectivity index (χ1v) is 6.52. The molecular weight excluding hydrogens is 267 g/mol. The van der Waals surface area contributed by atoms with Gasteiger partial charge in [-0.2, -0.15) is 13.2 Å². The van der Waals surface area contributed by atoms with Gasteiger partial charge in [-0.1, -0.05) is 18.2 Å². The number of nitrogens with zero attached hydrogens (tertiary/aromatic N) is 1. The molecule has 2 rings (SSSR count). The van der Waals surface area contributed by atoms with E-state index in [-0.39, 0.29) is 12.0 Å². The van der Waals surface area contributed by atoms with Crippen LogP contribution in [0.1, 0.15) is 29.9 Å². The van der Waals surface area contributed by atoms with E-state index < -0.39 is 11.7 Å². The van der Waals surface area contributed by atoms with Crippen LogP contribution in [0.4, 0.5) is 13.2 Å². The summed E-state index contributed by atoms with van der Waals surface area (Å²) in [5.74, 6) is 0.891. The lowest BCUT2D eigenvalue weighted by Crippen LogP contribution is -2.47. The second-order valence-electron chi connectivity index (χ2n) is 4.96. The number of halogens is 3. The van der Waals surface area contributed by atoms with Crippen LogP contribution >= 0.6 is 0 Å². The van der Waals surface area contributed by atoms with Crippen molar-refractivity contribution in [3.05, 3.63) is 35.4 Å². The van der Waals surface area contributed by atoms with Gasteiger partial charge in [-0.3, -0.25) is 4.99 Å². The Bertz CT molecular complexity index is 491. The van der Waals surface area contributed by atoms with E-state index in [2.05, 4.69) is 15.6 Å². The highest BCUT2D eigenvalue weighted by Gasteiger charge is 2.34. The summed E-state index contributed by atoms with van der Waals surface area (Å²) in [7, 11) is 3.46. The molecule has 1 aromatic rings. The zero-order valence-corrected chi connectivity index (χ0v) is 11.5. The Balaban J connectivity index is 1.96. The molecule has 0 spiro atoms. The first-order chi connectivity index (χ1) is 9.44. The van der Waals surface area contributed by atoms with E-state index in [9.17, 15) is 13.2 Å². The highest BCUT2D eigenvalue weighted by atomic mass is 19.4. The van der Waals surface area contributed by atoms with Crippen molar-refractivity contribution in [3.8, 4) is 0 Å². The molecule has 0 unspecified atom stereocenters. The number of rotatable bonds is 2. The summed E-state index contributed by atoms with van der Waals surface area (Å²) in [6, 6.07) is 5.88. The standard InChI is InChI=1S/C14H18F3N3/c1-18-13(19-2)20-12-7-10(8-12)9-4-3-5-11(6-9)14(15,16)17/h3-6,10,12H,7-8H2,1-2H3,(H2,18,19,20). The molecule has 0 aliphatic heterocycles. The summed E-state index contributed by atoms with van der Waals surface area (Å²) in [6.45, 7) is 0. The number of aliphatic imine (C=N–C) groups is 1. The number of nitrogens with one attached hydrogen (secondary N) is 2. The lowest BCUT2D eigenvalue weighted by molar-refractivity contribution is -0.137. The van der Waals surface area contributed by atoms with Crippen molar-refractivity contribution in [2.45, 2.75) is 31.0 Å². The molecule has 0 heterocycles. The normalized spacial score (nSPS) is 23.1. The molecule has 1 aliphatic carbocycles. The van der Waals surface area contributed by atoms with E-state index in [1.807, 2.05) is 0 Å². The Morgan fingerprint density at radius 3 is 2.55 bits per heavy atom. The molecule has 0 bridgehead atoms. The minimum Gasteiger partial charge on any atom is -0.359 e. The van der Waals surface area contributed by atoms with Crippen LogP contribution in [0.5, 0.6) is 0 Å². The number of benzene rings is 1. The Morgan fingerprint density at radius 1 is 1.30 bits per heavy atom. The van der Waals surface area contributed by atoms with Crippen molar-refractivity contribution in [2.75, 3.05) is 14.1 Å². The second-order valence-corrected chi connectivity index (χ2v) is 4.96. The Kier molecular flexibility index (Phi) is 4.20. The van der Waals surface area contributed by atoms with Crippen LogP contribution in [0.3, 0.4) is 0 Å². The highest BCUT2D eigenvalue weighted by molar-refractivity contribution is 5.79. The number of hydrogen-bond acceptors (Lipinski definition) is 1. The highest BCUT2D eigenvalue weighted by Crippen LogP contribution is 2.39. The summed E-state index contributed by atoms with van der Waals surface area (Å²) in [6.07, 6.45) is -2.63. The Hall–Kier alpha value is -1.72. The van der Waals surface area contributed by atoms with Crippen molar-refractivity contribution in [2.24, 2.45) is 4.99 Å². The minimum absolute atomic E-state index is 0.185. The van der Waals surface area contributed by atoms with Crippen LogP contribution in [-0.2, 0) is 6.18 Å². The molecule has 110 valence electrons. The van der Waals surface area contributed by atoms with Gasteiger partial charge in [0.25, 0.3) is 0 Å². The molecule has 1 aliphatic rings. The number of hydrogen-bond donors (Lipinski definition) is 2. The second kappa shape index (κ2) is 5.73. The summed E-state index contributed by atoms with van der Waals surface area (Å²) in [4.78, 5) is 4.02. The lowest BCUT2D eigenvalue weighted by Gasteiger charge is -2.37. The van der Waals surface area contributed by atoms with Crippen molar-refractivity contribution >= 4 is 5.96 Å². The van der Waals surface area contributed by atoms with Gasteiger partial charge in [-0.05, 0) is 30.4 Å². The molecule has 0 saturated heterocycles. The molecule has 20 heavy (non-hydrogen) atoms. The van der Waals surface area contributed by atoms with E-state index in [0.717, 1.165) is 24.5 Å². The molecule has 1 fully saturated rings. The van der Waals surface area contributed by atoms with E-state index in [0.29, 0.717) is 5.96 Å².